The Morgan fingerprint density at radius 1 is 1.30 bits per heavy atom. The average molecular weight is 274 g/mol. The van der Waals surface area contributed by atoms with Crippen molar-refractivity contribution in [2.45, 2.75) is 6.10 Å². The molecular weight excluding hydrogens is 259 g/mol. The van der Waals surface area contributed by atoms with Crippen molar-refractivity contribution < 1.29 is 13.9 Å². The number of halogens is 1. The number of morpholine rings is 1. The van der Waals surface area contributed by atoms with Crippen molar-refractivity contribution in [1.29, 1.82) is 0 Å². The highest BCUT2D eigenvalue weighted by atomic mass is 19.1. The Morgan fingerprint density at radius 3 is 3.00 bits per heavy atom. The Balaban J connectivity index is 1.82. The molecule has 4 nitrogen and oxygen atoms in total. The summed E-state index contributed by atoms with van der Waals surface area (Å²) in [5.41, 5.74) is 0.505. The van der Waals surface area contributed by atoms with Crippen LogP contribution >= 0.6 is 0 Å². The maximum atomic E-state index is 13.9. The summed E-state index contributed by atoms with van der Waals surface area (Å²) in [5, 5.41) is 3.18. The predicted octanol–water partition coefficient (Wildman–Crippen LogP) is 2.67. The summed E-state index contributed by atoms with van der Waals surface area (Å²) in [5.74, 6) is 0.745. The van der Waals surface area contributed by atoms with Crippen LogP contribution in [0.2, 0.25) is 0 Å². The number of nitrogens with zero attached hydrogens (tertiary/aromatic N) is 1. The van der Waals surface area contributed by atoms with E-state index in [-0.39, 0.29) is 11.9 Å². The molecule has 20 heavy (non-hydrogen) atoms. The van der Waals surface area contributed by atoms with E-state index in [1.807, 2.05) is 12.1 Å². The first kappa shape index (κ1) is 13.0. The Bertz CT molecular complexity index is 571. The molecule has 0 saturated carbocycles. The molecule has 1 aromatic carbocycles. The fourth-order valence-corrected chi connectivity index (χ4v) is 2.13. The summed E-state index contributed by atoms with van der Waals surface area (Å²) in [4.78, 5) is 4.08. The molecular formula is C15H15FN2O2. The van der Waals surface area contributed by atoms with Crippen LogP contribution in [0.15, 0.2) is 42.6 Å². The van der Waals surface area contributed by atoms with Gasteiger partial charge in [-0.25, -0.2) is 9.37 Å². The minimum Gasteiger partial charge on any atom is -0.439 e. The number of benzene rings is 1. The molecule has 104 valence electrons. The second-order valence-corrected chi connectivity index (χ2v) is 4.52. The molecule has 0 radical (unpaired) electrons. The molecule has 1 aliphatic rings. The van der Waals surface area contributed by atoms with Gasteiger partial charge in [0.25, 0.3) is 0 Å². The minimum atomic E-state index is -0.285. The largest absolute Gasteiger partial charge is 0.439 e. The molecule has 5 heteroatoms. The van der Waals surface area contributed by atoms with E-state index in [9.17, 15) is 4.39 Å². The number of nitrogens with one attached hydrogen (secondary N) is 1. The third-order valence-electron chi connectivity index (χ3n) is 3.10. The second-order valence-electron chi connectivity index (χ2n) is 4.52. The first-order valence-electron chi connectivity index (χ1n) is 6.53. The SMILES string of the molecule is Fc1ccc(Oc2ccccn2)cc1[C@@H]1CNCCO1. The zero-order valence-electron chi connectivity index (χ0n) is 10.9. The van der Waals surface area contributed by atoms with Gasteiger partial charge < -0.3 is 14.8 Å². The highest BCUT2D eigenvalue weighted by Crippen LogP contribution is 2.28. The van der Waals surface area contributed by atoms with E-state index in [4.69, 9.17) is 9.47 Å². The number of rotatable bonds is 3. The van der Waals surface area contributed by atoms with Crippen LogP contribution in [0.25, 0.3) is 0 Å². The summed E-state index contributed by atoms with van der Waals surface area (Å²) in [6.45, 7) is 1.97. The van der Waals surface area contributed by atoms with E-state index >= 15 is 0 Å². The first-order chi connectivity index (χ1) is 9.83. The Labute approximate surface area is 116 Å². The summed E-state index contributed by atoms with van der Waals surface area (Å²) in [7, 11) is 0. The molecule has 1 saturated heterocycles. The van der Waals surface area contributed by atoms with Crippen molar-refractivity contribution in [2.24, 2.45) is 0 Å². The van der Waals surface area contributed by atoms with Crippen molar-refractivity contribution in [3.8, 4) is 11.6 Å². The number of aromatic nitrogens is 1. The fourth-order valence-electron chi connectivity index (χ4n) is 2.13. The second kappa shape index (κ2) is 5.98. The van der Waals surface area contributed by atoms with E-state index in [0.717, 1.165) is 6.54 Å². The summed E-state index contributed by atoms with van der Waals surface area (Å²) in [6.07, 6.45) is 1.37. The van der Waals surface area contributed by atoms with Gasteiger partial charge in [0, 0.05) is 30.9 Å². The van der Waals surface area contributed by atoms with Crippen molar-refractivity contribution >= 4 is 0 Å². The topological polar surface area (TPSA) is 43.4 Å². The van der Waals surface area contributed by atoms with Crippen LogP contribution in [0.4, 0.5) is 4.39 Å². The molecule has 3 rings (SSSR count). The highest BCUT2D eigenvalue weighted by molar-refractivity contribution is 5.34. The molecule has 1 aliphatic heterocycles. The lowest BCUT2D eigenvalue weighted by Crippen LogP contribution is -2.33. The van der Waals surface area contributed by atoms with Crippen molar-refractivity contribution in [2.75, 3.05) is 19.7 Å². The fraction of sp³-hybridized carbons (Fsp3) is 0.267. The van der Waals surface area contributed by atoms with E-state index in [2.05, 4.69) is 10.3 Å². The molecule has 1 fully saturated rings. The van der Waals surface area contributed by atoms with Gasteiger partial charge in [-0.15, -0.1) is 0 Å². The molecule has 2 heterocycles. The van der Waals surface area contributed by atoms with Crippen molar-refractivity contribution in [3.63, 3.8) is 0 Å². The third kappa shape index (κ3) is 2.95. The molecule has 0 spiro atoms. The van der Waals surface area contributed by atoms with E-state index in [1.165, 1.54) is 6.07 Å². The standard InChI is InChI=1S/C15H15FN2O2/c16-13-5-4-11(20-15-3-1-2-6-18-15)9-12(13)14-10-17-7-8-19-14/h1-6,9,14,17H,7-8,10H2/t14-/m0/s1. The molecule has 1 atom stereocenters. The first-order valence-corrected chi connectivity index (χ1v) is 6.53. The van der Waals surface area contributed by atoms with Gasteiger partial charge in [0.2, 0.25) is 5.88 Å². The Morgan fingerprint density at radius 2 is 2.25 bits per heavy atom. The summed E-state index contributed by atoms with van der Waals surface area (Å²) < 4.78 is 25.1. The molecule has 0 aliphatic carbocycles. The maximum Gasteiger partial charge on any atom is 0.219 e. The Kier molecular flexibility index (Phi) is 3.90. The van der Waals surface area contributed by atoms with E-state index in [0.29, 0.717) is 30.3 Å². The normalized spacial score (nSPS) is 18.8. The van der Waals surface area contributed by atoms with Gasteiger partial charge in [0.1, 0.15) is 11.6 Å². The Hall–Kier alpha value is -1.98. The third-order valence-corrected chi connectivity index (χ3v) is 3.10. The zero-order valence-corrected chi connectivity index (χ0v) is 10.9. The molecule has 0 bridgehead atoms. The lowest BCUT2D eigenvalue weighted by Gasteiger charge is -2.24. The van der Waals surface area contributed by atoms with Gasteiger partial charge >= 0.3 is 0 Å². The quantitative estimate of drug-likeness (QED) is 0.934. The van der Waals surface area contributed by atoms with Gasteiger partial charge in [-0.3, -0.25) is 0 Å². The van der Waals surface area contributed by atoms with Gasteiger partial charge in [-0.1, -0.05) is 6.07 Å². The molecule has 0 unspecified atom stereocenters. The molecule has 1 N–H and O–H groups in total. The van der Waals surface area contributed by atoms with Gasteiger partial charge in [0.05, 0.1) is 12.7 Å². The van der Waals surface area contributed by atoms with Crippen molar-refractivity contribution in [1.82, 2.24) is 10.3 Å². The van der Waals surface area contributed by atoms with Crippen molar-refractivity contribution in [3.05, 3.63) is 54.0 Å². The lowest BCUT2D eigenvalue weighted by atomic mass is 10.1. The monoisotopic (exact) mass is 274 g/mol. The van der Waals surface area contributed by atoms with Gasteiger partial charge in [-0.2, -0.15) is 0 Å². The van der Waals surface area contributed by atoms with Crippen LogP contribution in [0.1, 0.15) is 11.7 Å². The van der Waals surface area contributed by atoms with Crippen LogP contribution in [0.5, 0.6) is 11.6 Å². The van der Waals surface area contributed by atoms with Crippen LogP contribution in [-0.4, -0.2) is 24.7 Å². The smallest absolute Gasteiger partial charge is 0.219 e. The van der Waals surface area contributed by atoms with E-state index < -0.39 is 0 Å². The maximum absolute atomic E-state index is 13.9. The van der Waals surface area contributed by atoms with Crippen LogP contribution in [0, 0.1) is 5.82 Å². The van der Waals surface area contributed by atoms with Crippen LogP contribution in [-0.2, 0) is 4.74 Å². The van der Waals surface area contributed by atoms with E-state index in [1.54, 1.807) is 24.4 Å². The number of pyridine rings is 1. The van der Waals surface area contributed by atoms with Gasteiger partial charge in [0.15, 0.2) is 0 Å². The van der Waals surface area contributed by atoms with Crippen LogP contribution in [0.3, 0.4) is 0 Å². The number of hydrogen-bond donors (Lipinski definition) is 1. The molecule has 0 amide bonds. The summed E-state index contributed by atoms with van der Waals surface area (Å²) in [6, 6.07) is 10.0. The number of ether oxygens (including phenoxy) is 2. The zero-order chi connectivity index (χ0) is 13.8. The average Bonchev–Trinajstić information content (AvgIpc) is 2.51. The van der Waals surface area contributed by atoms with Gasteiger partial charge in [-0.05, 0) is 24.3 Å². The molecule has 1 aromatic heterocycles. The molecule has 2 aromatic rings. The van der Waals surface area contributed by atoms with Crippen LogP contribution < -0.4 is 10.1 Å². The number of hydrogen-bond acceptors (Lipinski definition) is 4. The predicted molar refractivity (Wildman–Crippen MR) is 72.3 cm³/mol. The highest BCUT2D eigenvalue weighted by Gasteiger charge is 2.20. The minimum absolute atomic E-state index is 0.281. The summed E-state index contributed by atoms with van der Waals surface area (Å²) >= 11 is 0. The lowest BCUT2D eigenvalue weighted by molar-refractivity contribution is 0.0254.